The van der Waals surface area contributed by atoms with E-state index in [9.17, 15) is 4.79 Å². The minimum Gasteiger partial charge on any atom is -0.326 e. The maximum Gasteiger partial charge on any atom is 0.224 e. The maximum absolute atomic E-state index is 12.3. The Labute approximate surface area is 124 Å². The van der Waals surface area contributed by atoms with E-state index in [2.05, 4.69) is 72.0 Å². The first-order valence-corrected chi connectivity index (χ1v) is 7.54. The predicted molar refractivity (Wildman–Crippen MR) is 87.3 cm³/mol. The van der Waals surface area contributed by atoms with Gasteiger partial charge in [0, 0.05) is 12.1 Å². The van der Waals surface area contributed by atoms with Crippen molar-refractivity contribution in [2.45, 2.75) is 66.7 Å². The molecule has 0 aromatic heterocycles. The monoisotopic (exact) mass is 275 g/mol. The molecule has 0 bridgehead atoms. The van der Waals surface area contributed by atoms with Crippen LogP contribution in [-0.4, -0.2) is 5.91 Å². The fourth-order valence-electron chi connectivity index (χ4n) is 2.36. The third kappa shape index (κ3) is 4.66. The van der Waals surface area contributed by atoms with Crippen molar-refractivity contribution in [3.63, 3.8) is 0 Å². The van der Waals surface area contributed by atoms with E-state index >= 15 is 0 Å². The molecule has 0 atom stereocenters. The molecule has 0 spiro atoms. The number of nitrogens with one attached hydrogen (secondary N) is 1. The van der Waals surface area contributed by atoms with Crippen molar-refractivity contribution in [2.75, 3.05) is 5.32 Å². The standard InChI is InChI=1S/C18H29NO/c1-12(2)14-9-8-10-15(13(3)4)17(14)19-16(20)11-18(5,6)7/h8-10,12-13H,11H2,1-7H3,(H,19,20). The van der Waals surface area contributed by atoms with Crippen molar-refractivity contribution in [1.82, 2.24) is 0 Å². The highest BCUT2D eigenvalue weighted by Crippen LogP contribution is 2.33. The summed E-state index contributed by atoms with van der Waals surface area (Å²) in [7, 11) is 0. The van der Waals surface area contributed by atoms with E-state index in [4.69, 9.17) is 0 Å². The molecule has 0 heterocycles. The van der Waals surface area contributed by atoms with Crippen LogP contribution in [-0.2, 0) is 4.79 Å². The summed E-state index contributed by atoms with van der Waals surface area (Å²) in [5, 5.41) is 3.16. The predicted octanol–water partition coefficient (Wildman–Crippen LogP) is 5.31. The summed E-state index contributed by atoms with van der Waals surface area (Å²) in [4.78, 5) is 12.3. The lowest BCUT2D eigenvalue weighted by molar-refractivity contribution is -0.117. The highest BCUT2D eigenvalue weighted by atomic mass is 16.1. The van der Waals surface area contributed by atoms with Gasteiger partial charge >= 0.3 is 0 Å². The van der Waals surface area contributed by atoms with Gasteiger partial charge in [-0.15, -0.1) is 0 Å². The summed E-state index contributed by atoms with van der Waals surface area (Å²) in [5.41, 5.74) is 3.47. The van der Waals surface area contributed by atoms with Gasteiger partial charge in [0.2, 0.25) is 5.91 Å². The van der Waals surface area contributed by atoms with E-state index in [1.807, 2.05) is 0 Å². The molecule has 0 fully saturated rings. The third-order valence-corrected chi connectivity index (χ3v) is 3.33. The highest BCUT2D eigenvalue weighted by Gasteiger charge is 2.19. The molecule has 1 N–H and O–H groups in total. The molecule has 0 aliphatic carbocycles. The van der Waals surface area contributed by atoms with Crippen molar-refractivity contribution in [1.29, 1.82) is 0 Å². The van der Waals surface area contributed by atoms with Gasteiger partial charge in [0.05, 0.1) is 0 Å². The van der Waals surface area contributed by atoms with Crippen LogP contribution in [0.15, 0.2) is 18.2 Å². The fraction of sp³-hybridized carbons (Fsp3) is 0.611. The molecular weight excluding hydrogens is 246 g/mol. The van der Waals surface area contributed by atoms with E-state index in [0.717, 1.165) is 5.69 Å². The van der Waals surface area contributed by atoms with Crippen LogP contribution < -0.4 is 5.32 Å². The van der Waals surface area contributed by atoms with E-state index in [0.29, 0.717) is 18.3 Å². The Morgan fingerprint density at radius 3 is 1.85 bits per heavy atom. The van der Waals surface area contributed by atoms with Crippen molar-refractivity contribution < 1.29 is 4.79 Å². The summed E-state index contributed by atoms with van der Waals surface area (Å²) >= 11 is 0. The molecule has 0 saturated carbocycles. The molecule has 1 aromatic rings. The second-order valence-electron chi connectivity index (χ2n) is 7.41. The van der Waals surface area contributed by atoms with Crippen LogP contribution in [0.2, 0.25) is 0 Å². The summed E-state index contributed by atoms with van der Waals surface area (Å²) in [6, 6.07) is 6.32. The number of anilines is 1. The molecule has 20 heavy (non-hydrogen) atoms. The molecule has 1 aromatic carbocycles. The van der Waals surface area contributed by atoms with Gasteiger partial charge in [0.25, 0.3) is 0 Å². The lowest BCUT2D eigenvalue weighted by Gasteiger charge is -2.22. The van der Waals surface area contributed by atoms with Crippen LogP contribution in [0.5, 0.6) is 0 Å². The first-order chi connectivity index (χ1) is 9.11. The SMILES string of the molecule is CC(C)c1cccc(C(C)C)c1NC(=O)CC(C)(C)C. The number of benzene rings is 1. The number of carbonyl (C=O) groups is 1. The van der Waals surface area contributed by atoms with Gasteiger partial charge < -0.3 is 5.32 Å². The van der Waals surface area contributed by atoms with E-state index in [1.54, 1.807) is 0 Å². The zero-order chi connectivity index (χ0) is 15.5. The Morgan fingerprint density at radius 1 is 1.05 bits per heavy atom. The third-order valence-electron chi connectivity index (χ3n) is 3.33. The number of para-hydroxylation sites is 1. The van der Waals surface area contributed by atoms with Crippen molar-refractivity contribution in [3.05, 3.63) is 29.3 Å². The summed E-state index contributed by atoms with van der Waals surface area (Å²) < 4.78 is 0. The van der Waals surface area contributed by atoms with Crippen LogP contribution >= 0.6 is 0 Å². The van der Waals surface area contributed by atoms with E-state index < -0.39 is 0 Å². The molecule has 0 aliphatic rings. The van der Waals surface area contributed by atoms with Crippen molar-refractivity contribution in [2.24, 2.45) is 5.41 Å². The molecule has 112 valence electrons. The fourth-order valence-corrected chi connectivity index (χ4v) is 2.36. The lowest BCUT2D eigenvalue weighted by Crippen LogP contribution is -2.21. The normalized spacial score (nSPS) is 12.1. The molecule has 2 heteroatoms. The number of amides is 1. The average Bonchev–Trinajstić information content (AvgIpc) is 2.25. The molecule has 1 amide bonds. The second kappa shape index (κ2) is 6.43. The maximum atomic E-state index is 12.3. The van der Waals surface area contributed by atoms with Gasteiger partial charge in [-0.25, -0.2) is 0 Å². The van der Waals surface area contributed by atoms with E-state index in [-0.39, 0.29) is 11.3 Å². The Morgan fingerprint density at radius 2 is 1.50 bits per heavy atom. The highest BCUT2D eigenvalue weighted by molar-refractivity contribution is 5.93. The molecule has 0 radical (unpaired) electrons. The van der Waals surface area contributed by atoms with E-state index in [1.165, 1.54) is 11.1 Å². The quantitative estimate of drug-likeness (QED) is 0.793. The van der Waals surface area contributed by atoms with Gasteiger partial charge in [-0.05, 0) is 28.4 Å². The number of hydrogen-bond acceptors (Lipinski definition) is 1. The van der Waals surface area contributed by atoms with Crippen molar-refractivity contribution in [3.8, 4) is 0 Å². The van der Waals surface area contributed by atoms with Crippen LogP contribution in [0.25, 0.3) is 0 Å². The number of hydrogen-bond donors (Lipinski definition) is 1. The second-order valence-corrected chi connectivity index (χ2v) is 7.41. The summed E-state index contributed by atoms with van der Waals surface area (Å²) in [6.07, 6.45) is 0.539. The zero-order valence-electron chi connectivity index (χ0n) is 14.0. The molecule has 0 saturated heterocycles. The number of carbonyl (C=O) groups excluding carboxylic acids is 1. The molecule has 0 aliphatic heterocycles. The van der Waals surface area contributed by atoms with Gasteiger partial charge in [-0.2, -0.15) is 0 Å². The minimum atomic E-state index is 0.00878. The van der Waals surface area contributed by atoms with Gasteiger partial charge in [-0.3, -0.25) is 4.79 Å². The molecular formula is C18H29NO. The molecule has 1 rings (SSSR count). The lowest BCUT2D eigenvalue weighted by atomic mass is 9.90. The summed E-state index contributed by atoms with van der Waals surface area (Å²) in [5.74, 6) is 0.907. The smallest absolute Gasteiger partial charge is 0.224 e. The Balaban J connectivity index is 3.11. The van der Waals surface area contributed by atoms with Gasteiger partial charge in [-0.1, -0.05) is 66.7 Å². The van der Waals surface area contributed by atoms with Crippen molar-refractivity contribution >= 4 is 11.6 Å². The topological polar surface area (TPSA) is 29.1 Å². The first kappa shape index (κ1) is 16.7. The van der Waals surface area contributed by atoms with Crippen LogP contribution in [0.4, 0.5) is 5.69 Å². The van der Waals surface area contributed by atoms with Crippen LogP contribution in [0, 0.1) is 5.41 Å². The average molecular weight is 275 g/mol. The minimum absolute atomic E-state index is 0.00878. The van der Waals surface area contributed by atoms with Gasteiger partial charge in [0.15, 0.2) is 0 Å². The van der Waals surface area contributed by atoms with Crippen LogP contribution in [0.3, 0.4) is 0 Å². The Bertz CT molecular complexity index is 441. The van der Waals surface area contributed by atoms with Crippen LogP contribution in [0.1, 0.15) is 77.8 Å². The zero-order valence-corrected chi connectivity index (χ0v) is 14.0. The summed E-state index contributed by atoms with van der Waals surface area (Å²) in [6.45, 7) is 14.9. The molecule has 2 nitrogen and oxygen atoms in total. The molecule has 0 unspecified atom stereocenters. The Hall–Kier alpha value is -1.31. The Kier molecular flexibility index (Phi) is 5.38. The largest absolute Gasteiger partial charge is 0.326 e. The first-order valence-electron chi connectivity index (χ1n) is 7.54. The van der Waals surface area contributed by atoms with Gasteiger partial charge in [0.1, 0.15) is 0 Å². The number of rotatable bonds is 4.